The van der Waals surface area contributed by atoms with E-state index in [-0.39, 0.29) is 18.2 Å². The van der Waals surface area contributed by atoms with Crippen molar-refractivity contribution < 1.29 is 32.9 Å². The summed E-state index contributed by atoms with van der Waals surface area (Å²) >= 11 is 0. The lowest BCUT2D eigenvalue weighted by Gasteiger charge is -2.27. The molecule has 0 bridgehead atoms. The fourth-order valence-corrected chi connectivity index (χ4v) is 3.65. The second-order valence-corrected chi connectivity index (χ2v) is 7.24. The lowest BCUT2D eigenvalue weighted by molar-refractivity contribution is -0.274. The van der Waals surface area contributed by atoms with Crippen LogP contribution in [-0.4, -0.2) is 47.6 Å². The molecular formula is C23H23F3N2O4. The van der Waals surface area contributed by atoms with Crippen molar-refractivity contribution in [3.63, 3.8) is 0 Å². The van der Waals surface area contributed by atoms with Crippen LogP contribution in [0.3, 0.4) is 0 Å². The van der Waals surface area contributed by atoms with E-state index in [0.717, 1.165) is 0 Å². The van der Waals surface area contributed by atoms with Gasteiger partial charge in [-0.1, -0.05) is 30.9 Å². The number of hydrogen-bond acceptors (Lipinski definition) is 5. The third-order valence-corrected chi connectivity index (χ3v) is 5.04. The Labute approximate surface area is 183 Å². The molecule has 2 aromatic carbocycles. The van der Waals surface area contributed by atoms with Crippen LogP contribution in [0.1, 0.15) is 22.8 Å². The van der Waals surface area contributed by atoms with Crippen LogP contribution in [0, 0.1) is 0 Å². The Bertz CT molecular complexity index is 1030. The molecule has 0 aromatic heterocycles. The number of fused-ring (bicyclic) bond motifs is 1. The molecular weight excluding hydrogens is 425 g/mol. The zero-order valence-electron chi connectivity index (χ0n) is 17.3. The first-order valence-electron chi connectivity index (χ1n) is 9.77. The van der Waals surface area contributed by atoms with Crippen LogP contribution in [-0.2, 0) is 11.3 Å². The van der Waals surface area contributed by atoms with Gasteiger partial charge in [0.2, 0.25) is 5.91 Å². The molecule has 1 amide bonds. The van der Waals surface area contributed by atoms with Crippen LogP contribution in [0.5, 0.6) is 5.75 Å². The number of alkyl halides is 3. The van der Waals surface area contributed by atoms with Crippen LogP contribution in [0.15, 0.2) is 49.1 Å². The van der Waals surface area contributed by atoms with Crippen molar-refractivity contribution in [2.24, 2.45) is 0 Å². The van der Waals surface area contributed by atoms with E-state index in [9.17, 15) is 28.2 Å². The summed E-state index contributed by atoms with van der Waals surface area (Å²) in [7, 11) is 1.58. The smallest absolute Gasteiger partial charge is 0.406 e. The zero-order valence-corrected chi connectivity index (χ0v) is 17.3. The van der Waals surface area contributed by atoms with E-state index in [1.807, 2.05) is 12.2 Å². The Morgan fingerprint density at radius 2 is 2.03 bits per heavy atom. The molecule has 0 fully saturated rings. The quantitative estimate of drug-likeness (QED) is 0.561. The maximum atomic E-state index is 12.5. The average molecular weight is 448 g/mol. The van der Waals surface area contributed by atoms with Crippen molar-refractivity contribution in [1.29, 1.82) is 0 Å². The van der Waals surface area contributed by atoms with E-state index < -0.39 is 19.1 Å². The van der Waals surface area contributed by atoms with E-state index in [1.54, 1.807) is 13.1 Å². The minimum Gasteiger partial charge on any atom is -0.406 e. The fourth-order valence-electron chi connectivity index (χ4n) is 3.65. The normalized spacial score (nSPS) is 13.7. The number of hydrogen-bond donors (Lipinski definition) is 3. The Morgan fingerprint density at radius 3 is 2.62 bits per heavy atom. The Morgan fingerprint density at radius 1 is 1.34 bits per heavy atom. The summed E-state index contributed by atoms with van der Waals surface area (Å²) in [6.45, 7) is 3.59. The monoisotopic (exact) mass is 448 g/mol. The van der Waals surface area contributed by atoms with Crippen LogP contribution in [0.2, 0.25) is 0 Å². The molecule has 0 spiro atoms. The van der Waals surface area contributed by atoms with Gasteiger partial charge in [0.15, 0.2) is 0 Å². The molecule has 0 aliphatic carbocycles. The van der Waals surface area contributed by atoms with Gasteiger partial charge in [-0.25, -0.2) is 0 Å². The summed E-state index contributed by atoms with van der Waals surface area (Å²) in [4.78, 5) is 13.4. The predicted octanol–water partition coefficient (Wildman–Crippen LogP) is 3.86. The molecule has 1 aliphatic heterocycles. The number of benzene rings is 2. The second kappa shape index (κ2) is 9.46. The largest absolute Gasteiger partial charge is 0.573 e. The van der Waals surface area contributed by atoms with Crippen LogP contribution >= 0.6 is 0 Å². The number of aliphatic hydroxyl groups is 2. The first kappa shape index (κ1) is 23.4. The topological polar surface area (TPSA) is 82.0 Å². The number of aliphatic hydroxyl groups excluding tert-OH is 2. The number of anilines is 1. The second-order valence-electron chi connectivity index (χ2n) is 7.24. The molecule has 1 unspecified atom stereocenters. The van der Waals surface area contributed by atoms with Crippen molar-refractivity contribution in [2.45, 2.75) is 19.0 Å². The lowest BCUT2D eigenvalue weighted by atomic mass is 9.87. The number of carbonyl (C=O) groups excluding carboxylic acids is 1. The average Bonchev–Trinajstić information content (AvgIpc) is 2.77. The van der Waals surface area contributed by atoms with Crippen molar-refractivity contribution in [2.75, 3.05) is 25.5 Å². The van der Waals surface area contributed by atoms with Gasteiger partial charge in [0.25, 0.3) is 0 Å². The zero-order chi connectivity index (χ0) is 23.5. The predicted molar refractivity (Wildman–Crippen MR) is 115 cm³/mol. The molecule has 3 rings (SSSR count). The first-order chi connectivity index (χ1) is 15.1. The van der Waals surface area contributed by atoms with Crippen LogP contribution in [0.4, 0.5) is 18.9 Å². The molecule has 0 saturated carbocycles. The highest BCUT2D eigenvalue weighted by molar-refractivity contribution is 5.90. The summed E-state index contributed by atoms with van der Waals surface area (Å²) in [5, 5.41) is 23.4. The number of ether oxygens (including phenoxy) is 1. The van der Waals surface area contributed by atoms with Crippen LogP contribution < -0.4 is 10.1 Å². The summed E-state index contributed by atoms with van der Waals surface area (Å²) in [5.41, 5.74) is 3.65. The van der Waals surface area contributed by atoms with Gasteiger partial charge in [-0.2, -0.15) is 0 Å². The number of nitrogens with one attached hydrogen (secondary N) is 1. The molecule has 1 atom stereocenters. The van der Waals surface area contributed by atoms with Gasteiger partial charge < -0.3 is 25.2 Å². The van der Waals surface area contributed by atoms with Gasteiger partial charge >= 0.3 is 6.36 Å². The Kier molecular flexibility index (Phi) is 6.90. The van der Waals surface area contributed by atoms with Crippen LogP contribution in [0.25, 0.3) is 17.2 Å². The van der Waals surface area contributed by atoms with Gasteiger partial charge in [0.05, 0.1) is 6.61 Å². The van der Waals surface area contributed by atoms with Gasteiger partial charge in [0, 0.05) is 37.0 Å². The number of nitrogens with zero attached hydrogens (tertiary/aromatic N) is 1. The van der Waals surface area contributed by atoms with Gasteiger partial charge in [0.1, 0.15) is 11.9 Å². The maximum absolute atomic E-state index is 12.5. The molecule has 2 aromatic rings. The summed E-state index contributed by atoms with van der Waals surface area (Å²) in [6, 6.07) is 7.20. The fraction of sp³-hybridized carbons (Fsp3) is 0.261. The minimum atomic E-state index is -4.79. The molecule has 6 nitrogen and oxygen atoms in total. The first-order valence-corrected chi connectivity index (χ1v) is 9.77. The Balaban J connectivity index is 2.14. The van der Waals surface area contributed by atoms with Crippen molar-refractivity contribution in [1.82, 2.24) is 4.90 Å². The highest BCUT2D eigenvalue weighted by Crippen LogP contribution is 2.41. The van der Waals surface area contributed by atoms with E-state index >= 15 is 0 Å². The summed E-state index contributed by atoms with van der Waals surface area (Å²) in [6.07, 6.45) is -1.15. The lowest BCUT2D eigenvalue weighted by Crippen LogP contribution is -2.26. The maximum Gasteiger partial charge on any atom is 0.573 e. The minimum absolute atomic E-state index is 0.126. The standard InChI is InChI=1S/C23H23F3N2O4/c1-3-20(31)28(2)12-15-11-18(14-6-8-16(9-7-14)32-23(24,25)26)22-17(5-4-10-27-22)21(15)19(30)13-29/h3-9,11,19,27,29-30H,1,10,12-13H2,2H3. The molecule has 32 heavy (non-hydrogen) atoms. The van der Waals surface area contributed by atoms with Gasteiger partial charge in [-0.3, -0.25) is 4.79 Å². The SMILES string of the molecule is C=CC(=O)N(C)Cc1cc(-c2ccc(OC(F)(F)F)cc2)c2c(c1C(O)CO)C=CCN2. The van der Waals surface area contributed by atoms with E-state index in [4.69, 9.17) is 0 Å². The third kappa shape index (κ3) is 5.12. The van der Waals surface area contributed by atoms with Gasteiger partial charge in [-0.15, -0.1) is 13.2 Å². The number of amides is 1. The van der Waals surface area contributed by atoms with Crippen molar-refractivity contribution in [3.8, 4) is 16.9 Å². The molecule has 0 radical (unpaired) electrons. The number of rotatable bonds is 7. The Hall–Kier alpha value is -3.30. The van der Waals surface area contributed by atoms with E-state index in [1.165, 1.54) is 35.2 Å². The third-order valence-electron chi connectivity index (χ3n) is 5.04. The highest BCUT2D eigenvalue weighted by Gasteiger charge is 2.31. The summed E-state index contributed by atoms with van der Waals surface area (Å²) < 4.78 is 41.4. The molecule has 0 saturated heterocycles. The van der Waals surface area contributed by atoms with E-state index in [0.29, 0.717) is 40.0 Å². The highest BCUT2D eigenvalue weighted by atomic mass is 19.4. The molecule has 1 heterocycles. The molecule has 3 N–H and O–H groups in total. The molecule has 9 heteroatoms. The number of halogens is 3. The summed E-state index contributed by atoms with van der Waals surface area (Å²) in [5.74, 6) is -0.664. The molecule has 170 valence electrons. The van der Waals surface area contributed by atoms with Crippen molar-refractivity contribution in [3.05, 3.63) is 65.8 Å². The molecule has 1 aliphatic rings. The van der Waals surface area contributed by atoms with Gasteiger partial charge in [-0.05, 0) is 41.0 Å². The van der Waals surface area contributed by atoms with E-state index in [2.05, 4.69) is 16.6 Å². The van der Waals surface area contributed by atoms with Crippen molar-refractivity contribution >= 4 is 17.7 Å². The number of likely N-dealkylation sites (N-methyl/N-ethyl adjacent to an activating group) is 1. The number of carbonyl (C=O) groups is 1.